The highest BCUT2D eigenvalue weighted by atomic mass is 16.5. The number of urea groups is 1. The molecule has 1 aliphatic carbocycles. The van der Waals surface area contributed by atoms with E-state index in [2.05, 4.69) is 34.9 Å². The first-order valence-electron chi connectivity index (χ1n) is 8.95. The molecule has 2 aliphatic rings. The van der Waals surface area contributed by atoms with Crippen molar-refractivity contribution in [2.75, 3.05) is 26.3 Å². The van der Waals surface area contributed by atoms with Crippen molar-refractivity contribution in [3.8, 4) is 0 Å². The summed E-state index contributed by atoms with van der Waals surface area (Å²) in [6.45, 7) is 1.78. The maximum atomic E-state index is 12.1. The third kappa shape index (κ3) is 4.48. The molecule has 0 spiro atoms. The summed E-state index contributed by atoms with van der Waals surface area (Å²) in [6.07, 6.45) is 6.34. The Labute approximate surface area is 143 Å². The molecular weight excluding hydrogens is 304 g/mol. The van der Waals surface area contributed by atoms with Crippen molar-refractivity contribution in [1.29, 1.82) is 0 Å². The monoisotopic (exact) mass is 332 g/mol. The van der Waals surface area contributed by atoms with Crippen LogP contribution in [-0.2, 0) is 11.2 Å². The molecule has 1 heterocycles. The molecule has 1 aromatic carbocycles. The lowest BCUT2D eigenvalue weighted by Crippen LogP contribution is -2.48. The number of nitrogens with one attached hydrogen (secondary N) is 2. The van der Waals surface area contributed by atoms with Gasteiger partial charge in [-0.15, -0.1) is 0 Å². The van der Waals surface area contributed by atoms with Crippen molar-refractivity contribution in [3.05, 3.63) is 35.9 Å². The Morgan fingerprint density at radius 1 is 1.08 bits per heavy atom. The smallest absolute Gasteiger partial charge is 0.314 e. The molecule has 3 rings (SSSR count). The van der Waals surface area contributed by atoms with Crippen molar-refractivity contribution < 1.29 is 14.6 Å². The summed E-state index contributed by atoms with van der Waals surface area (Å²) in [4.78, 5) is 12.1. The van der Waals surface area contributed by atoms with Crippen LogP contribution >= 0.6 is 0 Å². The molecule has 132 valence electrons. The van der Waals surface area contributed by atoms with Crippen molar-refractivity contribution in [3.63, 3.8) is 0 Å². The zero-order valence-electron chi connectivity index (χ0n) is 14.2. The Bertz CT molecular complexity index is 535. The summed E-state index contributed by atoms with van der Waals surface area (Å²) in [6, 6.07) is 10.3. The summed E-state index contributed by atoms with van der Waals surface area (Å²) < 4.78 is 5.19. The number of carbonyl (C=O) groups excluding carboxylic acids is 1. The number of hydrogen-bond acceptors (Lipinski definition) is 3. The quantitative estimate of drug-likeness (QED) is 0.748. The van der Waals surface area contributed by atoms with Crippen molar-refractivity contribution in [2.45, 2.75) is 44.1 Å². The number of carbonyl (C=O) groups is 1. The van der Waals surface area contributed by atoms with E-state index in [1.165, 1.54) is 18.4 Å². The van der Waals surface area contributed by atoms with Crippen molar-refractivity contribution in [2.24, 2.45) is 5.41 Å². The minimum atomic E-state index is -0.910. The van der Waals surface area contributed by atoms with Crippen molar-refractivity contribution >= 4 is 6.03 Å². The highest BCUT2D eigenvalue weighted by Crippen LogP contribution is 2.40. The molecule has 2 amide bonds. The van der Waals surface area contributed by atoms with Gasteiger partial charge in [-0.1, -0.05) is 43.2 Å². The maximum absolute atomic E-state index is 12.1. The van der Waals surface area contributed by atoms with E-state index in [-0.39, 0.29) is 18.0 Å². The Kier molecular flexibility index (Phi) is 5.41. The van der Waals surface area contributed by atoms with Gasteiger partial charge in [0.2, 0.25) is 0 Å². The Morgan fingerprint density at radius 3 is 2.46 bits per heavy atom. The second-order valence-corrected chi connectivity index (χ2v) is 7.43. The predicted molar refractivity (Wildman–Crippen MR) is 92.8 cm³/mol. The maximum Gasteiger partial charge on any atom is 0.314 e. The van der Waals surface area contributed by atoms with E-state index in [1.54, 1.807) is 0 Å². The van der Waals surface area contributed by atoms with E-state index in [9.17, 15) is 9.90 Å². The topological polar surface area (TPSA) is 70.6 Å². The minimum absolute atomic E-state index is 0.159. The summed E-state index contributed by atoms with van der Waals surface area (Å²) in [5.74, 6) is 0. The summed E-state index contributed by atoms with van der Waals surface area (Å²) >= 11 is 0. The Hall–Kier alpha value is -1.59. The van der Waals surface area contributed by atoms with Gasteiger partial charge < -0.3 is 20.5 Å². The fourth-order valence-electron chi connectivity index (χ4n) is 3.88. The molecule has 24 heavy (non-hydrogen) atoms. The van der Waals surface area contributed by atoms with Crippen LogP contribution in [0, 0.1) is 5.41 Å². The molecule has 1 saturated heterocycles. The van der Waals surface area contributed by atoms with Gasteiger partial charge in [-0.25, -0.2) is 4.79 Å². The van der Waals surface area contributed by atoms with Gasteiger partial charge in [-0.3, -0.25) is 0 Å². The van der Waals surface area contributed by atoms with Crippen molar-refractivity contribution in [1.82, 2.24) is 10.6 Å². The SMILES string of the molecule is O=C(NCC1(Cc2ccccc2)CCCC1)NC[C@@]1(O)CCOC1. The molecule has 1 atom stereocenters. The second kappa shape index (κ2) is 7.53. The molecule has 1 saturated carbocycles. The zero-order chi connectivity index (χ0) is 16.9. The van der Waals surface area contributed by atoms with Crippen LogP contribution in [-0.4, -0.2) is 43.0 Å². The molecule has 0 aromatic heterocycles. The number of rotatable bonds is 6. The van der Waals surface area contributed by atoms with Crippen LogP contribution in [0.5, 0.6) is 0 Å². The summed E-state index contributed by atoms with van der Waals surface area (Å²) in [5.41, 5.74) is 0.581. The number of benzene rings is 1. The number of hydrogen-bond donors (Lipinski definition) is 3. The molecule has 1 aliphatic heterocycles. The van der Waals surface area contributed by atoms with Gasteiger partial charge in [0.05, 0.1) is 13.2 Å². The lowest BCUT2D eigenvalue weighted by molar-refractivity contribution is 0.0291. The molecular formula is C19H28N2O3. The third-order valence-electron chi connectivity index (χ3n) is 5.37. The lowest BCUT2D eigenvalue weighted by atomic mass is 9.80. The third-order valence-corrected chi connectivity index (χ3v) is 5.37. The summed E-state index contributed by atoms with van der Waals surface area (Å²) in [7, 11) is 0. The molecule has 0 bridgehead atoms. The average Bonchev–Trinajstić information content (AvgIpc) is 3.23. The summed E-state index contributed by atoms with van der Waals surface area (Å²) in [5, 5.41) is 16.0. The second-order valence-electron chi connectivity index (χ2n) is 7.43. The van der Waals surface area contributed by atoms with Crippen LogP contribution in [0.1, 0.15) is 37.7 Å². The van der Waals surface area contributed by atoms with Crippen LogP contribution < -0.4 is 10.6 Å². The van der Waals surface area contributed by atoms with Gasteiger partial charge in [0.15, 0.2) is 0 Å². The van der Waals surface area contributed by atoms with Crippen LogP contribution in [0.4, 0.5) is 4.79 Å². The van der Waals surface area contributed by atoms with E-state index < -0.39 is 5.60 Å². The van der Waals surface area contributed by atoms with E-state index in [0.29, 0.717) is 26.2 Å². The first kappa shape index (κ1) is 17.2. The fourth-order valence-corrected chi connectivity index (χ4v) is 3.88. The molecule has 3 N–H and O–H groups in total. The first-order valence-corrected chi connectivity index (χ1v) is 8.95. The van der Waals surface area contributed by atoms with Gasteiger partial charge in [-0.05, 0) is 30.2 Å². The predicted octanol–water partition coefficient (Wildman–Crippen LogP) is 2.24. The van der Waals surface area contributed by atoms with E-state index >= 15 is 0 Å². The zero-order valence-corrected chi connectivity index (χ0v) is 14.2. The van der Waals surface area contributed by atoms with Gasteiger partial charge in [0, 0.05) is 19.6 Å². The van der Waals surface area contributed by atoms with E-state index in [1.807, 2.05) is 6.07 Å². The molecule has 5 nitrogen and oxygen atoms in total. The fraction of sp³-hybridized carbons (Fsp3) is 0.632. The van der Waals surface area contributed by atoms with Crippen LogP contribution in [0.15, 0.2) is 30.3 Å². The molecule has 1 aromatic rings. The van der Waals surface area contributed by atoms with Crippen LogP contribution in [0.2, 0.25) is 0 Å². The van der Waals surface area contributed by atoms with Crippen LogP contribution in [0.3, 0.4) is 0 Å². The Balaban J connectivity index is 1.49. The van der Waals surface area contributed by atoms with Gasteiger partial charge in [0.1, 0.15) is 5.60 Å². The van der Waals surface area contributed by atoms with E-state index in [0.717, 1.165) is 19.3 Å². The average molecular weight is 332 g/mol. The minimum Gasteiger partial charge on any atom is -0.386 e. The van der Waals surface area contributed by atoms with Crippen LogP contribution in [0.25, 0.3) is 0 Å². The van der Waals surface area contributed by atoms with E-state index in [4.69, 9.17) is 4.74 Å². The molecule has 0 radical (unpaired) electrons. The van der Waals surface area contributed by atoms with Gasteiger partial charge in [-0.2, -0.15) is 0 Å². The first-order chi connectivity index (χ1) is 11.6. The molecule has 5 heteroatoms. The molecule has 2 fully saturated rings. The molecule has 0 unspecified atom stereocenters. The number of ether oxygens (including phenoxy) is 1. The highest BCUT2D eigenvalue weighted by Gasteiger charge is 2.35. The standard InChI is InChI=1S/C19H28N2O3/c22-17(21-14-19(23)10-11-24-15-19)20-13-18(8-4-5-9-18)12-16-6-2-1-3-7-16/h1-3,6-7,23H,4-5,8-15H2,(H2,20,21,22)/t19-/m0/s1. The lowest BCUT2D eigenvalue weighted by Gasteiger charge is -2.30. The Morgan fingerprint density at radius 2 is 1.79 bits per heavy atom. The number of aliphatic hydroxyl groups is 1. The number of amides is 2. The van der Waals surface area contributed by atoms with Gasteiger partial charge >= 0.3 is 6.03 Å². The van der Waals surface area contributed by atoms with Gasteiger partial charge in [0.25, 0.3) is 0 Å². The highest BCUT2D eigenvalue weighted by molar-refractivity contribution is 5.74. The normalized spacial score (nSPS) is 25.5. The largest absolute Gasteiger partial charge is 0.386 e.